The summed E-state index contributed by atoms with van der Waals surface area (Å²) in [6, 6.07) is 12.9. The average molecular weight is 344 g/mol. The zero-order valence-corrected chi connectivity index (χ0v) is 14.3. The van der Waals surface area contributed by atoms with E-state index in [2.05, 4.69) is 0 Å². The van der Waals surface area contributed by atoms with Crippen LogP contribution in [-0.4, -0.2) is 60.5 Å². The molecule has 0 aliphatic heterocycles. The van der Waals surface area contributed by atoms with Gasteiger partial charge in [0.2, 0.25) is 0 Å². The molecule has 1 N–H and O–H groups in total. The Balaban J connectivity index is 2.17. The summed E-state index contributed by atoms with van der Waals surface area (Å²) >= 11 is 0. The quantitative estimate of drug-likeness (QED) is 0.839. The minimum absolute atomic E-state index is 0.323. The fourth-order valence-electron chi connectivity index (χ4n) is 2.39. The molecule has 1 amide bonds. The van der Waals surface area contributed by atoms with Crippen molar-refractivity contribution in [1.82, 2.24) is 9.80 Å². The van der Waals surface area contributed by atoms with Gasteiger partial charge >= 0.3 is 5.97 Å². The van der Waals surface area contributed by atoms with E-state index < -0.39 is 5.97 Å². The summed E-state index contributed by atoms with van der Waals surface area (Å²) < 4.78 is 13.3. The number of carbonyl (C=O) groups excluding carboxylic acids is 1. The summed E-state index contributed by atoms with van der Waals surface area (Å²) in [6.45, 7) is 0.544. The maximum Gasteiger partial charge on any atom is 0.323 e. The second kappa shape index (κ2) is 8.39. The Hall–Kier alpha value is -2.73. The number of carboxylic acids is 1. The van der Waals surface area contributed by atoms with E-state index in [9.17, 15) is 14.0 Å². The van der Waals surface area contributed by atoms with Gasteiger partial charge < -0.3 is 14.9 Å². The van der Waals surface area contributed by atoms with Gasteiger partial charge in [-0.25, -0.2) is 4.39 Å². The molecule has 0 aromatic heterocycles. The second-order valence-electron chi connectivity index (χ2n) is 6.01. The first kappa shape index (κ1) is 18.6. The smallest absolute Gasteiger partial charge is 0.323 e. The predicted molar refractivity (Wildman–Crippen MR) is 93.9 cm³/mol. The molecule has 2 aromatic carbocycles. The molecule has 2 aromatic rings. The van der Waals surface area contributed by atoms with Crippen molar-refractivity contribution in [1.29, 1.82) is 0 Å². The Labute approximate surface area is 146 Å². The van der Waals surface area contributed by atoms with Crippen LogP contribution in [0, 0.1) is 5.82 Å². The number of nitrogens with zero attached hydrogens (tertiary/aromatic N) is 2. The van der Waals surface area contributed by atoms with Crippen LogP contribution in [0.5, 0.6) is 0 Å². The largest absolute Gasteiger partial charge is 0.480 e. The summed E-state index contributed by atoms with van der Waals surface area (Å²) in [7, 11) is 3.72. The van der Waals surface area contributed by atoms with Gasteiger partial charge in [-0.05, 0) is 49.5 Å². The van der Waals surface area contributed by atoms with Gasteiger partial charge in [0.15, 0.2) is 0 Å². The number of hydrogen-bond donors (Lipinski definition) is 1. The number of aliphatic carboxylic acids is 1. The van der Waals surface area contributed by atoms with Crippen LogP contribution in [0.1, 0.15) is 10.4 Å². The third-order valence-corrected chi connectivity index (χ3v) is 3.72. The molecule has 0 spiro atoms. The van der Waals surface area contributed by atoms with Crippen LogP contribution in [0.2, 0.25) is 0 Å². The molecule has 0 fully saturated rings. The van der Waals surface area contributed by atoms with Gasteiger partial charge in [-0.3, -0.25) is 9.59 Å². The highest BCUT2D eigenvalue weighted by molar-refractivity contribution is 5.96. The lowest BCUT2D eigenvalue weighted by atomic mass is 10.0. The summed E-state index contributed by atoms with van der Waals surface area (Å²) in [4.78, 5) is 26.8. The topological polar surface area (TPSA) is 60.9 Å². The lowest BCUT2D eigenvalue weighted by Gasteiger charge is -2.22. The molecule has 0 saturated carbocycles. The summed E-state index contributed by atoms with van der Waals surface area (Å²) in [5.74, 6) is -1.72. The first-order chi connectivity index (χ1) is 11.9. The Bertz CT molecular complexity index is 745. The van der Waals surface area contributed by atoms with Crippen LogP contribution in [0.25, 0.3) is 11.1 Å². The van der Waals surface area contributed by atoms with E-state index in [-0.39, 0.29) is 18.3 Å². The standard InChI is InChI=1S/C19H21FN2O3/c1-21(2)10-11-22(13-18(23)24)19(25)15-8-6-14(7-9-15)16-4-3-5-17(20)12-16/h3-9,12H,10-11,13H2,1-2H3,(H,23,24). The number of carboxylic acid groups (broad SMARTS) is 1. The molecule has 0 saturated heterocycles. The Morgan fingerprint density at radius 2 is 1.68 bits per heavy atom. The number of amides is 1. The predicted octanol–water partition coefficient (Wildman–Crippen LogP) is 2.58. The summed E-state index contributed by atoms with van der Waals surface area (Å²) in [5.41, 5.74) is 1.91. The number of halogens is 1. The van der Waals surface area contributed by atoms with E-state index in [4.69, 9.17) is 5.11 Å². The zero-order chi connectivity index (χ0) is 18.4. The molecule has 0 bridgehead atoms. The molecule has 0 aliphatic carbocycles. The van der Waals surface area contributed by atoms with Gasteiger partial charge in [0, 0.05) is 18.7 Å². The zero-order valence-electron chi connectivity index (χ0n) is 14.3. The normalized spacial score (nSPS) is 10.7. The van der Waals surface area contributed by atoms with Gasteiger partial charge in [0.05, 0.1) is 0 Å². The van der Waals surface area contributed by atoms with E-state index >= 15 is 0 Å². The van der Waals surface area contributed by atoms with Crippen LogP contribution in [-0.2, 0) is 4.79 Å². The van der Waals surface area contributed by atoms with Crippen LogP contribution in [0.15, 0.2) is 48.5 Å². The molecular weight excluding hydrogens is 323 g/mol. The first-order valence-corrected chi connectivity index (χ1v) is 7.88. The fraction of sp³-hybridized carbons (Fsp3) is 0.263. The Kier molecular flexibility index (Phi) is 6.25. The van der Waals surface area contributed by atoms with E-state index in [1.807, 2.05) is 19.0 Å². The number of carbonyl (C=O) groups is 2. The molecular formula is C19H21FN2O3. The summed E-state index contributed by atoms with van der Waals surface area (Å²) in [5, 5.41) is 9.02. The minimum atomic E-state index is -1.05. The Morgan fingerprint density at radius 3 is 2.24 bits per heavy atom. The van der Waals surface area contributed by atoms with Crippen molar-refractivity contribution in [2.24, 2.45) is 0 Å². The molecule has 0 aliphatic rings. The maximum absolute atomic E-state index is 13.3. The minimum Gasteiger partial charge on any atom is -0.480 e. The molecule has 2 rings (SSSR count). The van der Waals surface area contributed by atoms with Crippen molar-refractivity contribution in [3.8, 4) is 11.1 Å². The highest BCUT2D eigenvalue weighted by Crippen LogP contribution is 2.21. The van der Waals surface area contributed by atoms with Gasteiger partial charge in [-0.1, -0.05) is 24.3 Å². The lowest BCUT2D eigenvalue weighted by Crippen LogP contribution is -2.40. The monoisotopic (exact) mass is 344 g/mol. The molecule has 0 unspecified atom stereocenters. The molecule has 0 heterocycles. The van der Waals surface area contributed by atoms with E-state index in [0.29, 0.717) is 24.2 Å². The molecule has 132 valence electrons. The third kappa shape index (κ3) is 5.39. The van der Waals surface area contributed by atoms with Gasteiger partial charge in [-0.15, -0.1) is 0 Å². The van der Waals surface area contributed by atoms with Gasteiger partial charge in [0.25, 0.3) is 5.91 Å². The van der Waals surface area contributed by atoms with Crippen molar-refractivity contribution in [2.75, 3.05) is 33.7 Å². The second-order valence-corrected chi connectivity index (χ2v) is 6.01. The average Bonchev–Trinajstić information content (AvgIpc) is 2.57. The number of likely N-dealkylation sites (N-methyl/N-ethyl adjacent to an activating group) is 1. The van der Waals surface area contributed by atoms with Gasteiger partial charge in [0.1, 0.15) is 12.4 Å². The third-order valence-electron chi connectivity index (χ3n) is 3.72. The molecule has 6 heteroatoms. The molecule has 25 heavy (non-hydrogen) atoms. The molecule has 0 radical (unpaired) electrons. The van der Waals surface area contributed by atoms with Crippen molar-refractivity contribution < 1.29 is 19.1 Å². The summed E-state index contributed by atoms with van der Waals surface area (Å²) in [6.07, 6.45) is 0. The SMILES string of the molecule is CN(C)CCN(CC(=O)O)C(=O)c1ccc(-c2cccc(F)c2)cc1. The van der Waals surface area contributed by atoms with Crippen molar-refractivity contribution in [3.63, 3.8) is 0 Å². The maximum atomic E-state index is 13.3. The van der Waals surface area contributed by atoms with E-state index in [1.165, 1.54) is 17.0 Å². The van der Waals surface area contributed by atoms with Crippen LogP contribution in [0.3, 0.4) is 0 Å². The Morgan fingerprint density at radius 1 is 1.00 bits per heavy atom. The molecule has 0 atom stereocenters. The highest BCUT2D eigenvalue weighted by Gasteiger charge is 2.18. The van der Waals surface area contributed by atoms with Crippen molar-refractivity contribution in [2.45, 2.75) is 0 Å². The highest BCUT2D eigenvalue weighted by atomic mass is 19.1. The van der Waals surface area contributed by atoms with Gasteiger partial charge in [-0.2, -0.15) is 0 Å². The van der Waals surface area contributed by atoms with E-state index in [1.54, 1.807) is 36.4 Å². The fourth-order valence-corrected chi connectivity index (χ4v) is 2.39. The van der Waals surface area contributed by atoms with Crippen LogP contribution in [0.4, 0.5) is 4.39 Å². The van der Waals surface area contributed by atoms with E-state index in [0.717, 1.165) is 5.56 Å². The number of hydrogen-bond acceptors (Lipinski definition) is 3. The molecule has 5 nitrogen and oxygen atoms in total. The number of benzene rings is 2. The van der Waals surface area contributed by atoms with Crippen molar-refractivity contribution in [3.05, 3.63) is 59.9 Å². The van der Waals surface area contributed by atoms with Crippen LogP contribution >= 0.6 is 0 Å². The van der Waals surface area contributed by atoms with Crippen molar-refractivity contribution >= 4 is 11.9 Å². The van der Waals surface area contributed by atoms with Crippen LogP contribution < -0.4 is 0 Å². The first-order valence-electron chi connectivity index (χ1n) is 7.88. The lowest BCUT2D eigenvalue weighted by molar-refractivity contribution is -0.137. The number of rotatable bonds is 7.